The smallest absolute Gasteiger partial charge is 0.217 e. The number of hydrogen-bond acceptors (Lipinski definition) is 4. The van der Waals surface area contributed by atoms with Crippen LogP contribution in [0.15, 0.2) is 102 Å². The fraction of sp³-hybridized carbons (Fsp3) is 0.242. The van der Waals surface area contributed by atoms with E-state index >= 15 is 0 Å². The minimum absolute atomic E-state index is 0.277. The van der Waals surface area contributed by atoms with E-state index in [1.54, 1.807) is 7.11 Å². The molecule has 1 fully saturated rings. The van der Waals surface area contributed by atoms with E-state index in [-0.39, 0.29) is 6.04 Å². The normalized spacial score (nSPS) is 18.2. The number of rotatable bonds is 7. The Bertz CT molecular complexity index is 1600. The van der Waals surface area contributed by atoms with E-state index in [0.717, 1.165) is 55.8 Å². The molecule has 3 unspecified atom stereocenters. The number of halogens is 1. The number of fused-ring (bicyclic) bond motifs is 2. The number of hydrogen-bond donors (Lipinski definition) is 1. The Kier molecular flexibility index (Phi) is 6.68. The van der Waals surface area contributed by atoms with Crippen LogP contribution in [0.5, 0.6) is 5.88 Å². The van der Waals surface area contributed by atoms with Gasteiger partial charge in [-0.15, -0.1) is 0 Å². The third-order valence-corrected chi connectivity index (χ3v) is 8.62. The third-order valence-electron chi connectivity index (χ3n) is 8.13. The first-order valence-electron chi connectivity index (χ1n) is 13.1. The molecule has 192 valence electrons. The van der Waals surface area contributed by atoms with Gasteiger partial charge in [0.1, 0.15) is 5.60 Å². The monoisotopic (exact) mass is 566 g/mol. The Hall–Kier alpha value is -3.25. The van der Waals surface area contributed by atoms with Gasteiger partial charge in [0.05, 0.1) is 12.6 Å². The van der Waals surface area contributed by atoms with Gasteiger partial charge in [-0.05, 0) is 72.6 Å². The van der Waals surface area contributed by atoms with Gasteiger partial charge in [-0.25, -0.2) is 4.98 Å². The molecular weight excluding hydrogens is 536 g/mol. The van der Waals surface area contributed by atoms with Crippen LogP contribution in [0.1, 0.15) is 35.4 Å². The largest absolute Gasteiger partial charge is 0.481 e. The third kappa shape index (κ3) is 4.39. The number of aliphatic hydroxyl groups is 1. The van der Waals surface area contributed by atoms with Crippen molar-refractivity contribution in [2.45, 2.75) is 30.4 Å². The number of aromatic nitrogens is 1. The van der Waals surface area contributed by atoms with Gasteiger partial charge in [0.2, 0.25) is 5.88 Å². The van der Waals surface area contributed by atoms with Crippen molar-refractivity contribution < 1.29 is 9.84 Å². The van der Waals surface area contributed by atoms with Crippen molar-refractivity contribution in [2.75, 3.05) is 20.7 Å². The molecule has 38 heavy (non-hydrogen) atoms. The maximum atomic E-state index is 13.2. The van der Waals surface area contributed by atoms with Crippen molar-refractivity contribution in [3.8, 4) is 5.88 Å². The molecule has 1 N–H and O–H groups in total. The van der Waals surface area contributed by atoms with Crippen molar-refractivity contribution in [3.05, 3.63) is 118 Å². The molecule has 0 amide bonds. The molecule has 2 heterocycles. The van der Waals surface area contributed by atoms with E-state index in [9.17, 15) is 5.11 Å². The minimum Gasteiger partial charge on any atom is -0.481 e. The summed E-state index contributed by atoms with van der Waals surface area (Å²) in [6.45, 7) is 1.04. The van der Waals surface area contributed by atoms with E-state index < -0.39 is 11.5 Å². The van der Waals surface area contributed by atoms with Gasteiger partial charge in [0.15, 0.2) is 0 Å². The lowest BCUT2D eigenvalue weighted by Crippen LogP contribution is -2.50. The molecule has 0 aliphatic carbocycles. The average molecular weight is 568 g/mol. The quantitative estimate of drug-likeness (QED) is 0.225. The van der Waals surface area contributed by atoms with Gasteiger partial charge in [-0.1, -0.05) is 88.7 Å². The van der Waals surface area contributed by atoms with Crippen molar-refractivity contribution in [1.82, 2.24) is 9.88 Å². The number of pyridine rings is 1. The number of benzene rings is 4. The van der Waals surface area contributed by atoms with Crippen LogP contribution in [0.2, 0.25) is 0 Å². The fourth-order valence-electron chi connectivity index (χ4n) is 6.05. The number of ether oxygens (including phenoxy) is 1. The van der Waals surface area contributed by atoms with Crippen LogP contribution in [0.4, 0.5) is 0 Å². The molecular formula is C33H31BrN2O2. The summed E-state index contributed by atoms with van der Waals surface area (Å²) in [6.07, 6.45) is 1.65. The Labute approximate surface area is 232 Å². The van der Waals surface area contributed by atoms with Crippen LogP contribution < -0.4 is 4.74 Å². The number of methoxy groups -OCH3 is 1. The molecule has 5 heteroatoms. The predicted molar refractivity (Wildman–Crippen MR) is 158 cm³/mol. The average Bonchev–Trinajstić information content (AvgIpc) is 2.95. The number of likely N-dealkylation sites (tertiary alicyclic amines) is 1. The summed E-state index contributed by atoms with van der Waals surface area (Å²) < 4.78 is 6.91. The first kappa shape index (κ1) is 25.1. The van der Waals surface area contributed by atoms with Gasteiger partial charge in [-0.2, -0.15) is 0 Å². The maximum absolute atomic E-state index is 13.2. The van der Waals surface area contributed by atoms with E-state index in [1.807, 2.05) is 36.4 Å². The van der Waals surface area contributed by atoms with Crippen molar-refractivity contribution >= 4 is 37.6 Å². The molecule has 4 aromatic carbocycles. The fourth-order valence-corrected chi connectivity index (χ4v) is 6.43. The Morgan fingerprint density at radius 1 is 0.974 bits per heavy atom. The van der Waals surface area contributed by atoms with E-state index in [4.69, 9.17) is 9.72 Å². The molecule has 4 nitrogen and oxygen atoms in total. The van der Waals surface area contributed by atoms with E-state index in [0.29, 0.717) is 12.3 Å². The molecule has 0 radical (unpaired) electrons. The van der Waals surface area contributed by atoms with Gasteiger partial charge < -0.3 is 14.7 Å². The summed E-state index contributed by atoms with van der Waals surface area (Å²) in [5, 5.41) is 16.4. The van der Waals surface area contributed by atoms with Crippen LogP contribution in [0.25, 0.3) is 21.7 Å². The van der Waals surface area contributed by atoms with Crippen LogP contribution in [-0.4, -0.2) is 41.7 Å². The molecule has 5 aromatic rings. The molecule has 1 saturated heterocycles. The molecule has 1 aliphatic rings. The molecule has 1 aliphatic heterocycles. The first-order chi connectivity index (χ1) is 18.5. The topological polar surface area (TPSA) is 45.6 Å². The highest BCUT2D eigenvalue weighted by Crippen LogP contribution is 2.50. The lowest BCUT2D eigenvalue weighted by Gasteiger charge is -2.46. The summed E-state index contributed by atoms with van der Waals surface area (Å²) in [5.41, 5.74) is 2.46. The van der Waals surface area contributed by atoms with Crippen molar-refractivity contribution in [1.29, 1.82) is 0 Å². The minimum atomic E-state index is -1.23. The highest BCUT2D eigenvalue weighted by atomic mass is 79.9. The molecule has 1 aromatic heterocycles. The molecule has 0 bridgehead atoms. The standard InChI is InChI=1S/C33H31BrN2O2/c1-36-18-17-26(36)21-33(37,29-14-8-12-22-9-6-7-13-27(22)29)31(23-10-4-3-5-11-23)28-20-24-19-25(34)15-16-30(24)35-32(28)38-2/h3-16,19-20,26,31,37H,17-18,21H2,1-2H3. The lowest BCUT2D eigenvalue weighted by molar-refractivity contribution is -0.0337. The van der Waals surface area contributed by atoms with E-state index in [1.165, 1.54) is 0 Å². The Morgan fingerprint density at radius 2 is 1.74 bits per heavy atom. The summed E-state index contributed by atoms with van der Waals surface area (Å²) in [7, 11) is 3.81. The van der Waals surface area contributed by atoms with Crippen molar-refractivity contribution in [3.63, 3.8) is 0 Å². The van der Waals surface area contributed by atoms with Gasteiger partial charge >= 0.3 is 0 Å². The predicted octanol–water partition coefficient (Wildman–Crippen LogP) is 7.27. The zero-order chi connectivity index (χ0) is 26.3. The summed E-state index contributed by atoms with van der Waals surface area (Å²) in [6, 6.07) is 33.4. The van der Waals surface area contributed by atoms with Crippen LogP contribution in [0, 0.1) is 0 Å². The van der Waals surface area contributed by atoms with Gasteiger partial charge in [0.25, 0.3) is 0 Å². The number of nitrogens with zero attached hydrogens (tertiary/aromatic N) is 2. The lowest BCUT2D eigenvalue weighted by atomic mass is 9.68. The van der Waals surface area contributed by atoms with Gasteiger partial charge in [0, 0.05) is 27.4 Å². The molecule has 3 atom stereocenters. The SMILES string of the molecule is COc1nc2ccc(Br)cc2cc1C(c1ccccc1)C(O)(CC1CCN1C)c1cccc2ccccc12. The summed E-state index contributed by atoms with van der Waals surface area (Å²) in [5.74, 6) is 0.128. The molecule has 6 rings (SSSR count). The zero-order valence-corrected chi connectivity index (χ0v) is 23.2. The van der Waals surface area contributed by atoms with E-state index in [2.05, 4.69) is 88.5 Å². The summed E-state index contributed by atoms with van der Waals surface area (Å²) >= 11 is 3.62. The highest BCUT2D eigenvalue weighted by molar-refractivity contribution is 9.10. The Morgan fingerprint density at radius 3 is 2.47 bits per heavy atom. The van der Waals surface area contributed by atoms with Crippen LogP contribution >= 0.6 is 15.9 Å². The van der Waals surface area contributed by atoms with Crippen LogP contribution in [0.3, 0.4) is 0 Å². The summed E-state index contributed by atoms with van der Waals surface area (Å²) in [4.78, 5) is 7.25. The maximum Gasteiger partial charge on any atom is 0.217 e. The van der Waals surface area contributed by atoms with Gasteiger partial charge in [-0.3, -0.25) is 0 Å². The highest BCUT2D eigenvalue weighted by Gasteiger charge is 2.46. The van der Waals surface area contributed by atoms with Crippen LogP contribution in [-0.2, 0) is 5.60 Å². The second-order valence-electron chi connectivity index (χ2n) is 10.3. The second-order valence-corrected chi connectivity index (χ2v) is 11.3. The molecule has 0 spiro atoms. The first-order valence-corrected chi connectivity index (χ1v) is 13.9. The second kappa shape index (κ2) is 10.1. The van der Waals surface area contributed by atoms with Crippen molar-refractivity contribution in [2.24, 2.45) is 0 Å². The molecule has 0 saturated carbocycles. The zero-order valence-electron chi connectivity index (χ0n) is 21.6. The Balaban J connectivity index is 1.66.